The maximum Gasteiger partial charge on any atom is 0.240 e. The molecular formula is C17H20BrN3O5S. The second-order valence-corrected chi connectivity index (χ2v) is 8.06. The SMILES string of the molecule is COCCOc1ccc(NC(=O)CCNS(=O)(=O)c2cccc(Br)c2)cn1. The maximum absolute atomic E-state index is 12.2. The highest BCUT2D eigenvalue weighted by Gasteiger charge is 2.14. The number of rotatable bonds is 10. The summed E-state index contributed by atoms with van der Waals surface area (Å²) in [7, 11) is -2.09. The summed E-state index contributed by atoms with van der Waals surface area (Å²) in [5.41, 5.74) is 0.494. The van der Waals surface area contributed by atoms with E-state index in [1.54, 1.807) is 31.4 Å². The second-order valence-electron chi connectivity index (χ2n) is 5.38. The highest BCUT2D eigenvalue weighted by Crippen LogP contribution is 2.16. The van der Waals surface area contributed by atoms with Crippen molar-refractivity contribution in [1.82, 2.24) is 9.71 Å². The van der Waals surface area contributed by atoms with Crippen molar-refractivity contribution in [3.8, 4) is 5.88 Å². The zero-order chi connectivity index (χ0) is 19.7. The number of nitrogens with zero attached hydrogens (tertiary/aromatic N) is 1. The van der Waals surface area contributed by atoms with Crippen molar-refractivity contribution in [1.29, 1.82) is 0 Å². The van der Waals surface area contributed by atoms with Gasteiger partial charge in [-0.3, -0.25) is 4.79 Å². The lowest BCUT2D eigenvalue weighted by molar-refractivity contribution is -0.116. The van der Waals surface area contributed by atoms with Gasteiger partial charge in [0.2, 0.25) is 21.8 Å². The van der Waals surface area contributed by atoms with Gasteiger partial charge in [-0.05, 0) is 24.3 Å². The summed E-state index contributed by atoms with van der Waals surface area (Å²) in [4.78, 5) is 16.1. The van der Waals surface area contributed by atoms with Crippen molar-refractivity contribution >= 4 is 37.5 Å². The van der Waals surface area contributed by atoms with Crippen LogP contribution >= 0.6 is 15.9 Å². The number of sulfonamides is 1. The number of benzene rings is 1. The Morgan fingerprint density at radius 3 is 2.70 bits per heavy atom. The number of ether oxygens (including phenoxy) is 2. The number of methoxy groups -OCH3 is 1. The van der Waals surface area contributed by atoms with Crippen molar-refractivity contribution in [2.75, 3.05) is 32.2 Å². The molecule has 1 heterocycles. The quantitative estimate of drug-likeness (QED) is 0.529. The van der Waals surface area contributed by atoms with Gasteiger partial charge in [0.1, 0.15) is 6.61 Å². The van der Waals surface area contributed by atoms with Crippen molar-refractivity contribution in [2.45, 2.75) is 11.3 Å². The van der Waals surface area contributed by atoms with E-state index in [4.69, 9.17) is 9.47 Å². The first-order valence-corrected chi connectivity index (χ1v) is 10.3. The zero-order valence-corrected chi connectivity index (χ0v) is 17.0. The molecule has 0 fully saturated rings. The summed E-state index contributed by atoms with van der Waals surface area (Å²) in [5, 5.41) is 2.65. The van der Waals surface area contributed by atoms with Gasteiger partial charge >= 0.3 is 0 Å². The van der Waals surface area contributed by atoms with Crippen LogP contribution in [0, 0.1) is 0 Å². The zero-order valence-electron chi connectivity index (χ0n) is 14.6. The normalized spacial score (nSPS) is 11.2. The molecule has 2 rings (SSSR count). The predicted octanol–water partition coefficient (Wildman–Crippen LogP) is 2.18. The van der Waals surface area contributed by atoms with E-state index >= 15 is 0 Å². The number of nitrogens with one attached hydrogen (secondary N) is 2. The third-order valence-electron chi connectivity index (χ3n) is 3.31. The lowest BCUT2D eigenvalue weighted by Gasteiger charge is -2.09. The van der Waals surface area contributed by atoms with Gasteiger partial charge in [-0.15, -0.1) is 0 Å². The first-order chi connectivity index (χ1) is 12.9. The fraction of sp³-hybridized carbons (Fsp3) is 0.294. The van der Waals surface area contributed by atoms with Crippen LogP contribution in [0.25, 0.3) is 0 Å². The molecule has 2 N–H and O–H groups in total. The van der Waals surface area contributed by atoms with Crippen LogP contribution in [-0.4, -0.2) is 46.2 Å². The van der Waals surface area contributed by atoms with E-state index in [0.717, 1.165) is 0 Å². The minimum atomic E-state index is -3.67. The summed E-state index contributed by atoms with van der Waals surface area (Å²) in [5.74, 6) is 0.0913. The van der Waals surface area contributed by atoms with E-state index in [2.05, 4.69) is 31.0 Å². The molecule has 146 valence electrons. The molecule has 0 radical (unpaired) electrons. The van der Waals surface area contributed by atoms with E-state index in [1.165, 1.54) is 18.3 Å². The van der Waals surface area contributed by atoms with Crippen LogP contribution in [0.3, 0.4) is 0 Å². The van der Waals surface area contributed by atoms with Gasteiger partial charge in [-0.2, -0.15) is 0 Å². The largest absolute Gasteiger partial charge is 0.475 e. The minimum absolute atomic E-state index is 0.0146. The van der Waals surface area contributed by atoms with Gasteiger partial charge in [0.05, 0.1) is 23.4 Å². The minimum Gasteiger partial charge on any atom is -0.475 e. The highest BCUT2D eigenvalue weighted by atomic mass is 79.9. The molecule has 0 saturated heterocycles. The molecule has 0 unspecified atom stereocenters. The molecule has 0 bridgehead atoms. The Kier molecular flexibility index (Phi) is 8.17. The molecule has 10 heteroatoms. The topological polar surface area (TPSA) is 107 Å². The number of pyridine rings is 1. The third kappa shape index (κ3) is 7.25. The van der Waals surface area contributed by atoms with Crippen LogP contribution in [0.1, 0.15) is 6.42 Å². The van der Waals surface area contributed by atoms with Crippen LogP contribution in [-0.2, 0) is 19.6 Å². The number of carbonyl (C=O) groups excluding carboxylic acids is 1. The number of aromatic nitrogens is 1. The van der Waals surface area contributed by atoms with Crippen molar-refractivity contribution in [3.05, 3.63) is 47.1 Å². The third-order valence-corrected chi connectivity index (χ3v) is 5.26. The molecule has 0 aliphatic heterocycles. The summed E-state index contributed by atoms with van der Waals surface area (Å²) in [6.07, 6.45) is 1.45. The van der Waals surface area contributed by atoms with Crippen LogP contribution in [0.5, 0.6) is 5.88 Å². The lowest BCUT2D eigenvalue weighted by Crippen LogP contribution is -2.27. The Labute approximate surface area is 166 Å². The van der Waals surface area contributed by atoms with Crippen LogP contribution in [0.4, 0.5) is 5.69 Å². The van der Waals surface area contributed by atoms with E-state index in [-0.39, 0.29) is 23.8 Å². The van der Waals surface area contributed by atoms with Gasteiger partial charge in [0.25, 0.3) is 0 Å². The van der Waals surface area contributed by atoms with Gasteiger partial charge < -0.3 is 14.8 Å². The van der Waals surface area contributed by atoms with E-state index in [0.29, 0.717) is 29.3 Å². The molecule has 8 nitrogen and oxygen atoms in total. The van der Waals surface area contributed by atoms with Crippen molar-refractivity contribution in [3.63, 3.8) is 0 Å². The van der Waals surface area contributed by atoms with Crippen LogP contribution in [0.15, 0.2) is 52.0 Å². The van der Waals surface area contributed by atoms with Gasteiger partial charge in [0, 0.05) is 30.6 Å². The molecule has 0 saturated carbocycles. The molecule has 0 spiro atoms. The molecule has 27 heavy (non-hydrogen) atoms. The average Bonchev–Trinajstić information content (AvgIpc) is 2.63. The maximum atomic E-state index is 12.2. The Bertz CT molecular complexity index is 859. The molecule has 0 aliphatic rings. The summed E-state index contributed by atoms with van der Waals surface area (Å²) >= 11 is 3.23. The molecule has 1 amide bonds. The number of carbonyl (C=O) groups is 1. The first kappa shape index (κ1) is 21.3. The fourth-order valence-corrected chi connectivity index (χ4v) is 3.64. The number of hydrogen-bond acceptors (Lipinski definition) is 6. The van der Waals surface area contributed by atoms with Crippen LogP contribution in [0.2, 0.25) is 0 Å². The van der Waals surface area contributed by atoms with Crippen molar-refractivity contribution in [2.24, 2.45) is 0 Å². The second kappa shape index (κ2) is 10.4. The van der Waals surface area contributed by atoms with Gasteiger partial charge in [-0.25, -0.2) is 18.1 Å². The van der Waals surface area contributed by atoms with E-state index in [9.17, 15) is 13.2 Å². The number of hydrogen-bond donors (Lipinski definition) is 2. The number of amides is 1. The van der Waals surface area contributed by atoms with Gasteiger partial charge in [0.15, 0.2) is 0 Å². The molecule has 0 aliphatic carbocycles. The average molecular weight is 458 g/mol. The standard InChI is InChI=1S/C17H20BrN3O5S/c1-25-9-10-26-17-6-5-14(12-19-17)21-16(22)7-8-20-27(23,24)15-4-2-3-13(18)11-15/h2-6,11-12,20H,7-10H2,1H3,(H,21,22). The Morgan fingerprint density at radius 1 is 1.22 bits per heavy atom. The number of halogens is 1. The molecule has 1 aromatic carbocycles. The molecule has 0 atom stereocenters. The monoisotopic (exact) mass is 457 g/mol. The summed E-state index contributed by atoms with van der Waals surface area (Å²) < 4.78 is 37.6. The highest BCUT2D eigenvalue weighted by molar-refractivity contribution is 9.10. The Hall–Kier alpha value is -2.01. The lowest BCUT2D eigenvalue weighted by atomic mass is 10.3. The Balaban J connectivity index is 1.79. The first-order valence-electron chi connectivity index (χ1n) is 8.03. The smallest absolute Gasteiger partial charge is 0.240 e. The molecular weight excluding hydrogens is 438 g/mol. The van der Waals surface area contributed by atoms with Crippen molar-refractivity contribution < 1.29 is 22.7 Å². The van der Waals surface area contributed by atoms with Crippen LogP contribution < -0.4 is 14.8 Å². The summed E-state index contributed by atoms with van der Waals surface area (Å²) in [6.45, 7) is 0.815. The summed E-state index contributed by atoms with van der Waals surface area (Å²) in [6, 6.07) is 9.61. The predicted molar refractivity (Wildman–Crippen MR) is 104 cm³/mol. The Morgan fingerprint density at radius 2 is 2.04 bits per heavy atom. The van der Waals surface area contributed by atoms with E-state index < -0.39 is 10.0 Å². The number of anilines is 1. The molecule has 2 aromatic rings. The fourth-order valence-electron chi connectivity index (χ4n) is 2.01. The molecule has 1 aromatic heterocycles. The van der Waals surface area contributed by atoms with E-state index in [1.807, 2.05) is 0 Å². The van der Waals surface area contributed by atoms with Gasteiger partial charge in [-0.1, -0.05) is 22.0 Å².